The average molecular weight is 341 g/mol. The molecule has 0 unspecified atom stereocenters. The van der Waals surface area contributed by atoms with Gasteiger partial charge in [-0.2, -0.15) is 0 Å². The molecule has 2 heterocycles. The smallest absolute Gasteiger partial charge is 0.407 e. The summed E-state index contributed by atoms with van der Waals surface area (Å²) in [6, 6.07) is 0.110. The highest BCUT2D eigenvalue weighted by atomic mass is 16.6. The monoisotopic (exact) mass is 341 g/mol. The number of aliphatic hydroxyl groups is 1. The molecule has 2 saturated heterocycles. The van der Waals surface area contributed by atoms with E-state index in [1.165, 1.54) is 0 Å². The minimum absolute atomic E-state index is 0.0513. The van der Waals surface area contributed by atoms with Crippen molar-refractivity contribution in [2.75, 3.05) is 32.8 Å². The van der Waals surface area contributed by atoms with Crippen LogP contribution >= 0.6 is 0 Å². The summed E-state index contributed by atoms with van der Waals surface area (Å²) >= 11 is 0. The molecule has 7 nitrogen and oxygen atoms in total. The van der Waals surface area contributed by atoms with Crippen molar-refractivity contribution in [3.05, 3.63) is 0 Å². The van der Waals surface area contributed by atoms with E-state index in [1.807, 2.05) is 30.6 Å². The number of alkyl carbamates (subject to hydrolysis) is 1. The van der Waals surface area contributed by atoms with Gasteiger partial charge in [0.2, 0.25) is 0 Å². The van der Waals surface area contributed by atoms with Crippen LogP contribution in [0.3, 0.4) is 0 Å². The first-order valence-corrected chi connectivity index (χ1v) is 8.92. The van der Waals surface area contributed by atoms with Gasteiger partial charge in [0.15, 0.2) is 0 Å². The molecule has 138 valence electrons. The first-order chi connectivity index (χ1) is 11.3. The fourth-order valence-electron chi connectivity index (χ4n) is 3.28. The van der Waals surface area contributed by atoms with Crippen molar-refractivity contribution in [2.24, 2.45) is 5.92 Å². The van der Waals surface area contributed by atoms with Gasteiger partial charge in [0, 0.05) is 38.8 Å². The first kappa shape index (κ1) is 18.8. The Morgan fingerprint density at radius 3 is 2.38 bits per heavy atom. The molecule has 0 aromatic rings. The lowest BCUT2D eigenvalue weighted by atomic mass is 9.99. The number of nitrogens with one attached hydrogen (secondary N) is 1. The van der Waals surface area contributed by atoms with E-state index in [1.54, 1.807) is 0 Å². The maximum Gasteiger partial charge on any atom is 0.407 e. The molecule has 0 aliphatic carbocycles. The van der Waals surface area contributed by atoms with Crippen molar-refractivity contribution in [3.63, 3.8) is 0 Å². The summed E-state index contributed by atoms with van der Waals surface area (Å²) < 4.78 is 5.27. The summed E-state index contributed by atoms with van der Waals surface area (Å²) in [5.74, 6) is 0.203. The molecule has 24 heavy (non-hydrogen) atoms. The minimum atomic E-state index is -0.502. The van der Waals surface area contributed by atoms with E-state index in [2.05, 4.69) is 5.32 Å². The molecule has 0 spiro atoms. The van der Waals surface area contributed by atoms with Crippen LogP contribution in [0.4, 0.5) is 9.59 Å². The topological polar surface area (TPSA) is 82.1 Å². The molecule has 2 aliphatic rings. The molecule has 7 heteroatoms. The van der Waals surface area contributed by atoms with Crippen molar-refractivity contribution in [2.45, 2.75) is 58.1 Å². The molecule has 2 N–H and O–H groups in total. The van der Waals surface area contributed by atoms with E-state index >= 15 is 0 Å². The second kappa shape index (κ2) is 8.05. The third-order valence-corrected chi connectivity index (χ3v) is 4.53. The summed E-state index contributed by atoms with van der Waals surface area (Å²) in [5, 5.41) is 12.2. The van der Waals surface area contributed by atoms with E-state index in [-0.39, 0.29) is 24.6 Å². The van der Waals surface area contributed by atoms with Crippen molar-refractivity contribution in [1.82, 2.24) is 15.1 Å². The van der Waals surface area contributed by atoms with Crippen molar-refractivity contribution in [1.29, 1.82) is 0 Å². The van der Waals surface area contributed by atoms with Crippen molar-refractivity contribution >= 4 is 12.1 Å². The molecule has 2 aliphatic heterocycles. The minimum Gasteiger partial charge on any atom is -0.444 e. The van der Waals surface area contributed by atoms with Gasteiger partial charge in [0.05, 0.1) is 0 Å². The quantitative estimate of drug-likeness (QED) is 0.802. The lowest BCUT2D eigenvalue weighted by Crippen LogP contribution is -2.53. The van der Waals surface area contributed by atoms with Gasteiger partial charge >= 0.3 is 12.1 Å². The van der Waals surface area contributed by atoms with E-state index in [0.717, 1.165) is 32.2 Å². The van der Waals surface area contributed by atoms with E-state index in [9.17, 15) is 14.7 Å². The number of hydrogen-bond acceptors (Lipinski definition) is 4. The van der Waals surface area contributed by atoms with Crippen LogP contribution in [0.5, 0.6) is 0 Å². The second-order valence-corrected chi connectivity index (χ2v) is 7.83. The predicted octanol–water partition coefficient (Wildman–Crippen LogP) is 1.80. The standard InChI is InChI=1S/C17H31N3O4/c1-17(2,3)24-15(22)18-14-6-9-19(10-7-14)16(23)20-8-4-5-13(11-20)12-21/h13-14,21H,4-12H2,1-3H3,(H,18,22)/t13-/m0/s1. The van der Waals surface area contributed by atoms with Crippen molar-refractivity contribution in [3.8, 4) is 0 Å². The number of nitrogens with zero attached hydrogens (tertiary/aromatic N) is 2. The molecule has 0 aromatic heterocycles. The van der Waals surface area contributed by atoms with Crippen LogP contribution in [0, 0.1) is 5.92 Å². The number of carbonyl (C=O) groups excluding carboxylic acids is 2. The molecule has 3 amide bonds. The first-order valence-electron chi connectivity index (χ1n) is 8.92. The maximum absolute atomic E-state index is 12.6. The molecular weight excluding hydrogens is 310 g/mol. The Balaban J connectivity index is 1.76. The third-order valence-electron chi connectivity index (χ3n) is 4.53. The molecule has 0 bridgehead atoms. The van der Waals surface area contributed by atoms with E-state index in [4.69, 9.17) is 4.74 Å². The van der Waals surface area contributed by atoms with E-state index < -0.39 is 11.7 Å². The van der Waals surface area contributed by atoms with Gasteiger partial charge in [-0.3, -0.25) is 0 Å². The largest absolute Gasteiger partial charge is 0.444 e. The Hall–Kier alpha value is -1.50. The highest BCUT2D eigenvalue weighted by Crippen LogP contribution is 2.19. The molecule has 0 saturated carbocycles. The van der Waals surface area contributed by atoms with Crippen molar-refractivity contribution < 1.29 is 19.4 Å². The molecule has 2 rings (SSSR count). The molecule has 1 atom stereocenters. The van der Waals surface area contributed by atoms with Crippen LogP contribution in [0.25, 0.3) is 0 Å². The van der Waals surface area contributed by atoms with Crippen LogP contribution in [0.15, 0.2) is 0 Å². The Kier molecular flexibility index (Phi) is 6.32. The zero-order chi connectivity index (χ0) is 17.7. The van der Waals surface area contributed by atoms with Crippen LogP contribution in [-0.2, 0) is 4.74 Å². The normalized spacial score (nSPS) is 23.1. The molecule has 0 aromatic carbocycles. The fraction of sp³-hybridized carbons (Fsp3) is 0.882. The predicted molar refractivity (Wildman–Crippen MR) is 90.7 cm³/mol. The number of piperidine rings is 2. The summed E-state index contributed by atoms with van der Waals surface area (Å²) in [6.45, 7) is 8.35. The third kappa shape index (κ3) is 5.54. The molecular formula is C17H31N3O4. The summed E-state index contributed by atoms with van der Waals surface area (Å²) in [6.07, 6.45) is 3.02. The molecule has 2 fully saturated rings. The summed E-state index contributed by atoms with van der Waals surface area (Å²) in [4.78, 5) is 28.1. The van der Waals surface area contributed by atoms with Gasteiger partial charge in [-0.25, -0.2) is 9.59 Å². The Morgan fingerprint density at radius 2 is 1.79 bits per heavy atom. The average Bonchev–Trinajstić information content (AvgIpc) is 2.53. The molecule has 0 radical (unpaired) electrons. The van der Waals surface area contributed by atoms with Gasteiger partial charge in [0.25, 0.3) is 0 Å². The van der Waals surface area contributed by atoms with Gasteiger partial charge in [0.1, 0.15) is 5.60 Å². The lowest BCUT2D eigenvalue weighted by molar-refractivity contribution is 0.0479. The van der Waals surface area contributed by atoms with Crippen LogP contribution in [0.2, 0.25) is 0 Å². The zero-order valence-corrected chi connectivity index (χ0v) is 15.1. The highest BCUT2D eigenvalue weighted by molar-refractivity contribution is 5.74. The zero-order valence-electron chi connectivity index (χ0n) is 15.1. The SMILES string of the molecule is CC(C)(C)OC(=O)NC1CCN(C(=O)N2CCC[C@H](CO)C2)CC1. The number of ether oxygens (including phenoxy) is 1. The van der Waals surface area contributed by atoms with Crippen LogP contribution in [0.1, 0.15) is 46.5 Å². The van der Waals surface area contributed by atoms with Gasteiger partial charge < -0.3 is 25.0 Å². The Morgan fingerprint density at radius 1 is 1.12 bits per heavy atom. The Labute approximate surface area is 144 Å². The number of aliphatic hydroxyl groups excluding tert-OH is 1. The van der Waals surface area contributed by atoms with Gasteiger partial charge in [-0.05, 0) is 52.4 Å². The second-order valence-electron chi connectivity index (χ2n) is 7.83. The van der Waals surface area contributed by atoms with Gasteiger partial charge in [-0.15, -0.1) is 0 Å². The summed E-state index contributed by atoms with van der Waals surface area (Å²) in [7, 11) is 0. The number of hydrogen-bond donors (Lipinski definition) is 2. The summed E-state index contributed by atoms with van der Waals surface area (Å²) in [5.41, 5.74) is -0.502. The fourth-order valence-corrected chi connectivity index (χ4v) is 3.28. The number of urea groups is 1. The number of likely N-dealkylation sites (tertiary alicyclic amines) is 2. The number of rotatable bonds is 2. The highest BCUT2D eigenvalue weighted by Gasteiger charge is 2.30. The van der Waals surface area contributed by atoms with Crippen LogP contribution < -0.4 is 5.32 Å². The lowest BCUT2D eigenvalue weighted by Gasteiger charge is -2.39. The van der Waals surface area contributed by atoms with Crippen LogP contribution in [-0.4, -0.2) is 71.5 Å². The van der Waals surface area contributed by atoms with E-state index in [0.29, 0.717) is 19.6 Å². The number of amides is 3. The Bertz CT molecular complexity index is 442. The maximum atomic E-state index is 12.6. The van der Waals surface area contributed by atoms with Gasteiger partial charge in [-0.1, -0.05) is 0 Å². The number of carbonyl (C=O) groups is 2.